The van der Waals surface area contributed by atoms with Crippen LogP contribution in [-0.2, 0) is 11.3 Å². The average molecular weight is 367 g/mol. The lowest BCUT2D eigenvalue weighted by Crippen LogP contribution is -2.51. The van der Waals surface area contributed by atoms with Crippen molar-refractivity contribution in [2.45, 2.75) is 6.54 Å². The van der Waals surface area contributed by atoms with E-state index in [1.165, 1.54) is 0 Å². The number of carbonyl (C=O) groups excluding carboxylic acids is 2. The minimum Gasteiger partial charge on any atom is -0.496 e. The SMILES string of the molecule is COc1ccccc1C(=O)N1CCN(CC(=O)NCc2ccccc2)CC1. The summed E-state index contributed by atoms with van der Waals surface area (Å²) in [6.07, 6.45) is 0. The second kappa shape index (κ2) is 9.19. The number of para-hydroxylation sites is 1. The van der Waals surface area contributed by atoms with Crippen molar-refractivity contribution in [1.82, 2.24) is 15.1 Å². The van der Waals surface area contributed by atoms with E-state index in [1.807, 2.05) is 47.4 Å². The standard InChI is InChI=1S/C21H25N3O3/c1-27-19-10-6-5-9-18(19)21(26)24-13-11-23(12-14-24)16-20(25)22-15-17-7-3-2-4-8-17/h2-10H,11-16H2,1H3,(H,22,25). The minimum atomic E-state index is -0.0272. The second-order valence-corrected chi connectivity index (χ2v) is 6.53. The van der Waals surface area contributed by atoms with Crippen molar-refractivity contribution < 1.29 is 14.3 Å². The van der Waals surface area contributed by atoms with Gasteiger partial charge in [0.05, 0.1) is 19.2 Å². The third-order valence-electron chi connectivity index (χ3n) is 4.70. The van der Waals surface area contributed by atoms with Crippen LogP contribution in [-0.4, -0.2) is 61.4 Å². The third-order valence-corrected chi connectivity index (χ3v) is 4.70. The Morgan fingerprint density at radius 3 is 2.33 bits per heavy atom. The van der Waals surface area contributed by atoms with E-state index < -0.39 is 0 Å². The monoisotopic (exact) mass is 367 g/mol. The summed E-state index contributed by atoms with van der Waals surface area (Å²) >= 11 is 0. The zero-order valence-electron chi connectivity index (χ0n) is 15.6. The highest BCUT2D eigenvalue weighted by atomic mass is 16.5. The zero-order valence-corrected chi connectivity index (χ0v) is 15.6. The topological polar surface area (TPSA) is 61.9 Å². The maximum atomic E-state index is 12.7. The van der Waals surface area contributed by atoms with Crippen LogP contribution in [0.4, 0.5) is 0 Å². The summed E-state index contributed by atoms with van der Waals surface area (Å²) < 4.78 is 5.28. The van der Waals surface area contributed by atoms with Crippen molar-refractivity contribution in [2.24, 2.45) is 0 Å². The molecule has 0 aromatic heterocycles. The maximum Gasteiger partial charge on any atom is 0.257 e. The van der Waals surface area contributed by atoms with Crippen LogP contribution in [0.2, 0.25) is 0 Å². The predicted octanol–water partition coefficient (Wildman–Crippen LogP) is 1.77. The van der Waals surface area contributed by atoms with Crippen LogP contribution in [0.1, 0.15) is 15.9 Å². The summed E-state index contributed by atoms with van der Waals surface area (Å²) in [4.78, 5) is 28.8. The Morgan fingerprint density at radius 2 is 1.63 bits per heavy atom. The van der Waals surface area contributed by atoms with E-state index in [2.05, 4.69) is 10.2 Å². The van der Waals surface area contributed by atoms with Crippen LogP contribution in [0.3, 0.4) is 0 Å². The smallest absolute Gasteiger partial charge is 0.257 e. The highest BCUT2D eigenvalue weighted by Crippen LogP contribution is 2.20. The molecular weight excluding hydrogens is 342 g/mol. The minimum absolute atomic E-state index is 0.00311. The first-order valence-corrected chi connectivity index (χ1v) is 9.12. The zero-order chi connectivity index (χ0) is 19.1. The Bertz CT molecular complexity index is 771. The molecular formula is C21H25N3O3. The maximum absolute atomic E-state index is 12.7. The molecule has 1 saturated heterocycles. The third kappa shape index (κ3) is 5.08. The first-order chi connectivity index (χ1) is 13.2. The van der Waals surface area contributed by atoms with Gasteiger partial charge >= 0.3 is 0 Å². The molecule has 1 heterocycles. The fourth-order valence-electron chi connectivity index (χ4n) is 3.16. The first-order valence-electron chi connectivity index (χ1n) is 9.12. The van der Waals surface area contributed by atoms with Crippen LogP contribution >= 0.6 is 0 Å². The first kappa shape index (κ1) is 18.9. The van der Waals surface area contributed by atoms with Crippen LogP contribution in [0.5, 0.6) is 5.75 Å². The van der Waals surface area contributed by atoms with Gasteiger partial charge in [0.1, 0.15) is 5.75 Å². The van der Waals surface area contributed by atoms with Gasteiger partial charge in [-0.1, -0.05) is 42.5 Å². The van der Waals surface area contributed by atoms with E-state index in [1.54, 1.807) is 19.2 Å². The Hall–Kier alpha value is -2.86. The van der Waals surface area contributed by atoms with E-state index in [9.17, 15) is 9.59 Å². The van der Waals surface area contributed by atoms with Crippen molar-refractivity contribution in [2.75, 3.05) is 39.8 Å². The molecule has 6 nitrogen and oxygen atoms in total. The number of benzene rings is 2. The highest BCUT2D eigenvalue weighted by Gasteiger charge is 2.24. The van der Waals surface area contributed by atoms with Crippen LogP contribution in [0.15, 0.2) is 54.6 Å². The fraction of sp³-hybridized carbons (Fsp3) is 0.333. The number of hydrogen-bond acceptors (Lipinski definition) is 4. The molecule has 1 fully saturated rings. The molecule has 2 aromatic carbocycles. The molecule has 2 amide bonds. The summed E-state index contributed by atoms with van der Waals surface area (Å²) in [6.45, 7) is 3.44. The number of piperazine rings is 1. The number of methoxy groups -OCH3 is 1. The lowest BCUT2D eigenvalue weighted by Gasteiger charge is -2.34. The Balaban J connectivity index is 1.46. The number of nitrogens with zero attached hydrogens (tertiary/aromatic N) is 2. The van der Waals surface area contributed by atoms with Gasteiger partial charge in [-0.05, 0) is 17.7 Å². The van der Waals surface area contributed by atoms with Crippen molar-refractivity contribution in [1.29, 1.82) is 0 Å². The molecule has 0 saturated carbocycles. The second-order valence-electron chi connectivity index (χ2n) is 6.53. The number of amides is 2. The molecule has 2 aromatic rings. The molecule has 1 N–H and O–H groups in total. The number of ether oxygens (including phenoxy) is 1. The van der Waals surface area contributed by atoms with E-state index in [-0.39, 0.29) is 11.8 Å². The fourth-order valence-corrected chi connectivity index (χ4v) is 3.16. The van der Waals surface area contributed by atoms with Gasteiger partial charge in [-0.2, -0.15) is 0 Å². The van der Waals surface area contributed by atoms with Gasteiger partial charge < -0.3 is 15.0 Å². The quantitative estimate of drug-likeness (QED) is 0.845. The lowest BCUT2D eigenvalue weighted by molar-refractivity contribution is -0.122. The van der Waals surface area contributed by atoms with Crippen molar-refractivity contribution in [3.05, 3.63) is 65.7 Å². The number of hydrogen-bond donors (Lipinski definition) is 1. The molecule has 142 valence electrons. The van der Waals surface area contributed by atoms with Crippen molar-refractivity contribution >= 4 is 11.8 Å². The summed E-state index contributed by atoms with van der Waals surface area (Å²) in [5.74, 6) is 0.564. The molecule has 0 spiro atoms. The van der Waals surface area contributed by atoms with E-state index in [0.717, 1.165) is 5.56 Å². The van der Waals surface area contributed by atoms with Gasteiger partial charge in [0.15, 0.2) is 0 Å². The summed E-state index contributed by atoms with van der Waals surface area (Å²) in [6, 6.07) is 17.1. The molecule has 0 aliphatic carbocycles. The largest absolute Gasteiger partial charge is 0.496 e. The molecule has 0 unspecified atom stereocenters. The van der Waals surface area contributed by atoms with Gasteiger partial charge in [0, 0.05) is 32.7 Å². The Kier molecular flexibility index (Phi) is 6.44. The summed E-state index contributed by atoms with van der Waals surface area (Å²) in [5, 5.41) is 2.94. The van der Waals surface area contributed by atoms with Gasteiger partial charge in [0.2, 0.25) is 5.91 Å². The Morgan fingerprint density at radius 1 is 0.963 bits per heavy atom. The van der Waals surface area contributed by atoms with Gasteiger partial charge in [-0.25, -0.2) is 0 Å². The van der Waals surface area contributed by atoms with Crippen molar-refractivity contribution in [3.8, 4) is 5.75 Å². The molecule has 6 heteroatoms. The molecule has 0 atom stereocenters. The average Bonchev–Trinajstić information content (AvgIpc) is 2.73. The van der Waals surface area contributed by atoms with E-state index in [4.69, 9.17) is 4.74 Å². The summed E-state index contributed by atoms with van der Waals surface area (Å²) in [7, 11) is 1.57. The predicted molar refractivity (Wildman–Crippen MR) is 104 cm³/mol. The van der Waals surface area contributed by atoms with E-state index >= 15 is 0 Å². The molecule has 1 aliphatic heterocycles. The molecule has 0 radical (unpaired) electrons. The van der Waals surface area contributed by atoms with Gasteiger partial charge in [0.25, 0.3) is 5.91 Å². The number of carbonyl (C=O) groups is 2. The van der Waals surface area contributed by atoms with Crippen LogP contribution < -0.4 is 10.1 Å². The normalized spacial score (nSPS) is 14.6. The highest BCUT2D eigenvalue weighted by molar-refractivity contribution is 5.97. The molecule has 1 aliphatic rings. The Labute approximate surface area is 159 Å². The van der Waals surface area contributed by atoms with E-state index in [0.29, 0.717) is 50.6 Å². The van der Waals surface area contributed by atoms with Crippen LogP contribution in [0, 0.1) is 0 Å². The summed E-state index contributed by atoms with van der Waals surface area (Å²) in [5.41, 5.74) is 1.66. The molecule has 0 bridgehead atoms. The molecule has 3 rings (SSSR count). The van der Waals surface area contributed by atoms with Gasteiger partial charge in [-0.3, -0.25) is 14.5 Å². The van der Waals surface area contributed by atoms with Gasteiger partial charge in [-0.15, -0.1) is 0 Å². The van der Waals surface area contributed by atoms with Crippen molar-refractivity contribution in [3.63, 3.8) is 0 Å². The van der Waals surface area contributed by atoms with Crippen LogP contribution in [0.25, 0.3) is 0 Å². The number of rotatable bonds is 6. The number of nitrogens with one attached hydrogen (secondary N) is 1. The molecule has 27 heavy (non-hydrogen) atoms. The lowest BCUT2D eigenvalue weighted by atomic mass is 10.1.